The minimum absolute atomic E-state index is 0.523. The molecule has 0 fully saturated rings. The molecular formula is C17H19NOS. The fourth-order valence-corrected chi connectivity index (χ4v) is 3.73. The number of nitrogens with one attached hydrogen (secondary N) is 1. The van der Waals surface area contributed by atoms with Crippen molar-refractivity contribution in [3.63, 3.8) is 0 Å². The predicted octanol–water partition coefficient (Wildman–Crippen LogP) is 3.50. The molecule has 0 saturated carbocycles. The first-order chi connectivity index (χ1) is 9.86. The van der Waals surface area contributed by atoms with Gasteiger partial charge in [-0.2, -0.15) is 0 Å². The number of hydrogen-bond donors (Lipinski definition) is 1. The van der Waals surface area contributed by atoms with Crippen molar-refractivity contribution in [2.45, 2.75) is 23.1 Å². The van der Waals surface area contributed by atoms with Crippen molar-refractivity contribution in [3.8, 4) is 5.75 Å². The van der Waals surface area contributed by atoms with Crippen molar-refractivity contribution in [3.05, 3.63) is 59.7 Å². The highest BCUT2D eigenvalue weighted by atomic mass is 32.2. The molecule has 3 rings (SSSR count). The van der Waals surface area contributed by atoms with E-state index in [0.29, 0.717) is 5.25 Å². The second-order valence-corrected chi connectivity index (χ2v) is 6.34. The summed E-state index contributed by atoms with van der Waals surface area (Å²) in [7, 11) is 1.96. The maximum Gasteiger partial charge on any atom is 0.123 e. The molecule has 0 radical (unpaired) electrons. The summed E-state index contributed by atoms with van der Waals surface area (Å²) in [4.78, 5) is 1.41. The van der Waals surface area contributed by atoms with Gasteiger partial charge in [-0.3, -0.25) is 0 Å². The molecule has 1 heterocycles. The molecule has 1 atom stereocenters. The van der Waals surface area contributed by atoms with Gasteiger partial charge >= 0.3 is 0 Å². The fourth-order valence-electron chi connectivity index (χ4n) is 2.51. The van der Waals surface area contributed by atoms with Gasteiger partial charge in [-0.25, -0.2) is 0 Å². The summed E-state index contributed by atoms with van der Waals surface area (Å²) in [6.45, 7) is 1.61. The Bertz CT molecular complexity index is 560. The van der Waals surface area contributed by atoms with E-state index in [1.807, 2.05) is 24.9 Å². The molecule has 1 aliphatic rings. The van der Waals surface area contributed by atoms with E-state index >= 15 is 0 Å². The van der Waals surface area contributed by atoms with Crippen molar-refractivity contribution in [1.82, 2.24) is 5.32 Å². The van der Waals surface area contributed by atoms with Crippen LogP contribution >= 0.6 is 11.8 Å². The molecule has 0 bridgehead atoms. The number of fused-ring (bicyclic) bond motifs is 1. The molecule has 20 heavy (non-hydrogen) atoms. The van der Waals surface area contributed by atoms with E-state index in [-0.39, 0.29) is 0 Å². The summed E-state index contributed by atoms with van der Waals surface area (Å²) in [6, 6.07) is 16.9. The van der Waals surface area contributed by atoms with E-state index in [2.05, 4.69) is 47.8 Å². The van der Waals surface area contributed by atoms with Gasteiger partial charge in [0.1, 0.15) is 12.4 Å². The van der Waals surface area contributed by atoms with Crippen LogP contribution in [0.1, 0.15) is 11.1 Å². The highest BCUT2D eigenvalue weighted by Crippen LogP contribution is 2.37. The van der Waals surface area contributed by atoms with E-state index in [1.165, 1.54) is 16.0 Å². The highest BCUT2D eigenvalue weighted by molar-refractivity contribution is 8.00. The second kappa shape index (κ2) is 6.33. The standard InChI is InChI=1S/C17H19NOS/c1-18-11-14-7-2-4-8-16(14)19-12-15-10-13-6-3-5-9-17(13)20-15/h2-9,15,18H,10-12H2,1H3. The van der Waals surface area contributed by atoms with Gasteiger partial charge in [0.05, 0.1) is 0 Å². The lowest BCUT2D eigenvalue weighted by molar-refractivity contribution is 0.314. The van der Waals surface area contributed by atoms with Crippen LogP contribution in [0.15, 0.2) is 53.4 Å². The Morgan fingerprint density at radius 2 is 1.95 bits per heavy atom. The number of rotatable bonds is 5. The molecule has 2 nitrogen and oxygen atoms in total. The SMILES string of the molecule is CNCc1ccccc1OCC1Cc2ccccc2S1. The van der Waals surface area contributed by atoms with Gasteiger partial charge in [-0.05, 0) is 31.2 Å². The summed E-state index contributed by atoms with van der Waals surface area (Å²) < 4.78 is 6.04. The van der Waals surface area contributed by atoms with Crippen LogP contribution in [0.3, 0.4) is 0 Å². The molecule has 0 aliphatic carbocycles. The third-order valence-electron chi connectivity index (χ3n) is 3.48. The van der Waals surface area contributed by atoms with Crippen molar-refractivity contribution >= 4 is 11.8 Å². The third kappa shape index (κ3) is 3.00. The lowest BCUT2D eigenvalue weighted by atomic mass is 10.1. The molecule has 0 spiro atoms. The summed E-state index contributed by atoms with van der Waals surface area (Å²) in [5, 5.41) is 3.70. The van der Waals surface area contributed by atoms with E-state index in [9.17, 15) is 0 Å². The number of ether oxygens (including phenoxy) is 1. The van der Waals surface area contributed by atoms with Gasteiger partial charge in [0.15, 0.2) is 0 Å². The Labute approximate surface area is 124 Å². The second-order valence-electron chi connectivity index (χ2n) is 5.00. The number of para-hydroxylation sites is 1. The molecule has 1 aliphatic heterocycles. The Balaban J connectivity index is 1.61. The topological polar surface area (TPSA) is 21.3 Å². The van der Waals surface area contributed by atoms with Gasteiger partial charge in [-0.15, -0.1) is 11.8 Å². The lowest BCUT2D eigenvalue weighted by Gasteiger charge is -2.14. The summed E-state index contributed by atoms with van der Waals surface area (Å²) >= 11 is 1.93. The molecule has 2 aromatic rings. The maximum absolute atomic E-state index is 6.04. The molecule has 2 aromatic carbocycles. The highest BCUT2D eigenvalue weighted by Gasteiger charge is 2.22. The van der Waals surface area contributed by atoms with Gasteiger partial charge in [-0.1, -0.05) is 36.4 Å². The molecule has 1 unspecified atom stereocenters. The molecule has 104 valence electrons. The molecule has 0 amide bonds. The average molecular weight is 285 g/mol. The van der Waals surface area contributed by atoms with Crippen LogP contribution in [0, 0.1) is 0 Å². The van der Waals surface area contributed by atoms with Crippen molar-refractivity contribution in [2.75, 3.05) is 13.7 Å². The first-order valence-electron chi connectivity index (χ1n) is 6.96. The third-order valence-corrected chi connectivity index (χ3v) is 4.77. The maximum atomic E-state index is 6.04. The average Bonchev–Trinajstić information content (AvgIpc) is 2.89. The molecule has 1 N–H and O–H groups in total. The number of hydrogen-bond acceptors (Lipinski definition) is 3. The monoisotopic (exact) mass is 285 g/mol. The minimum atomic E-state index is 0.523. The molecule has 0 aromatic heterocycles. The van der Waals surface area contributed by atoms with Gasteiger partial charge in [0.25, 0.3) is 0 Å². The van der Waals surface area contributed by atoms with E-state index in [1.54, 1.807) is 0 Å². The lowest BCUT2D eigenvalue weighted by Crippen LogP contribution is -2.15. The van der Waals surface area contributed by atoms with Crippen LogP contribution in [0.2, 0.25) is 0 Å². The van der Waals surface area contributed by atoms with Crippen molar-refractivity contribution < 1.29 is 4.74 Å². The van der Waals surface area contributed by atoms with Crippen LogP contribution in [0.25, 0.3) is 0 Å². The van der Waals surface area contributed by atoms with Gasteiger partial charge in [0, 0.05) is 22.3 Å². The van der Waals surface area contributed by atoms with E-state index < -0.39 is 0 Å². The number of thioether (sulfide) groups is 1. The summed E-state index contributed by atoms with van der Waals surface area (Å²) in [6.07, 6.45) is 1.11. The largest absolute Gasteiger partial charge is 0.492 e. The molecule has 3 heteroatoms. The fraction of sp³-hybridized carbons (Fsp3) is 0.294. The smallest absolute Gasteiger partial charge is 0.123 e. The van der Waals surface area contributed by atoms with Crippen LogP contribution in [0.5, 0.6) is 5.75 Å². The summed E-state index contributed by atoms with van der Waals surface area (Å²) in [5.41, 5.74) is 2.67. The van der Waals surface area contributed by atoms with Crippen LogP contribution in [-0.4, -0.2) is 18.9 Å². The first kappa shape index (κ1) is 13.5. The summed E-state index contributed by atoms with van der Waals surface area (Å²) in [5.74, 6) is 0.999. The predicted molar refractivity (Wildman–Crippen MR) is 84.5 cm³/mol. The Kier molecular flexibility index (Phi) is 4.28. The molecule has 0 saturated heterocycles. The van der Waals surface area contributed by atoms with Gasteiger partial charge in [0.2, 0.25) is 0 Å². The quantitative estimate of drug-likeness (QED) is 0.908. The zero-order valence-corrected chi connectivity index (χ0v) is 12.5. The Morgan fingerprint density at radius 3 is 2.80 bits per heavy atom. The van der Waals surface area contributed by atoms with Crippen LogP contribution in [0.4, 0.5) is 0 Å². The normalized spacial score (nSPS) is 16.9. The van der Waals surface area contributed by atoms with Crippen LogP contribution in [-0.2, 0) is 13.0 Å². The van der Waals surface area contributed by atoms with Gasteiger partial charge < -0.3 is 10.1 Å². The van der Waals surface area contributed by atoms with E-state index in [4.69, 9.17) is 4.74 Å². The Morgan fingerprint density at radius 1 is 1.15 bits per heavy atom. The zero-order valence-electron chi connectivity index (χ0n) is 11.6. The van der Waals surface area contributed by atoms with Crippen molar-refractivity contribution in [1.29, 1.82) is 0 Å². The number of benzene rings is 2. The Hall–Kier alpha value is -1.45. The van der Waals surface area contributed by atoms with Crippen molar-refractivity contribution in [2.24, 2.45) is 0 Å². The molecular weight excluding hydrogens is 266 g/mol. The van der Waals surface area contributed by atoms with Crippen LogP contribution < -0.4 is 10.1 Å². The minimum Gasteiger partial charge on any atom is -0.492 e. The van der Waals surface area contributed by atoms with E-state index in [0.717, 1.165) is 25.3 Å². The first-order valence-corrected chi connectivity index (χ1v) is 7.84. The zero-order chi connectivity index (χ0) is 13.8.